The molecule has 0 bridgehead atoms. The van der Waals surface area contributed by atoms with Gasteiger partial charge in [0.1, 0.15) is 0 Å². The van der Waals surface area contributed by atoms with Crippen molar-refractivity contribution in [1.29, 1.82) is 0 Å². The van der Waals surface area contributed by atoms with E-state index < -0.39 is 0 Å². The second-order valence-electron chi connectivity index (χ2n) is 7.99. The molecule has 8 nitrogen and oxygen atoms in total. The van der Waals surface area contributed by atoms with Crippen molar-refractivity contribution in [3.63, 3.8) is 0 Å². The number of likely N-dealkylation sites (N-methyl/N-ethyl adjacent to an activating group) is 1. The predicted molar refractivity (Wildman–Crippen MR) is 104 cm³/mol. The molecule has 3 rings (SSSR count). The van der Waals surface area contributed by atoms with Crippen LogP contribution in [0.2, 0.25) is 0 Å². The molecule has 1 N–H and O–H groups in total. The molecule has 148 valence electrons. The van der Waals surface area contributed by atoms with E-state index in [2.05, 4.69) is 20.2 Å². The molecule has 1 atom stereocenters. The van der Waals surface area contributed by atoms with Gasteiger partial charge in [0.15, 0.2) is 0 Å². The number of amides is 2. The molecule has 2 fully saturated rings. The molecule has 8 heteroatoms. The summed E-state index contributed by atoms with van der Waals surface area (Å²) in [5, 5.41) is 2.86. The zero-order chi connectivity index (χ0) is 19.4. The van der Waals surface area contributed by atoms with Crippen LogP contribution in [-0.4, -0.2) is 90.3 Å². The van der Waals surface area contributed by atoms with E-state index in [1.54, 1.807) is 19.4 Å². The first-order valence-electron chi connectivity index (χ1n) is 9.64. The largest absolute Gasteiger partial charge is 0.357 e. The Balaban J connectivity index is 1.68. The Kier molecular flexibility index (Phi) is 5.94. The van der Waals surface area contributed by atoms with Crippen LogP contribution in [0.25, 0.3) is 0 Å². The summed E-state index contributed by atoms with van der Waals surface area (Å²) in [4.78, 5) is 39.6. The molecule has 2 amide bonds. The number of likely N-dealkylation sites (tertiary alicyclic amines) is 2. The van der Waals surface area contributed by atoms with Gasteiger partial charge < -0.3 is 20.0 Å². The van der Waals surface area contributed by atoms with Crippen LogP contribution in [0.15, 0.2) is 12.4 Å². The van der Waals surface area contributed by atoms with Crippen LogP contribution >= 0.6 is 0 Å². The fraction of sp³-hybridized carbons (Fsp3) is 0.684. The Labute approximate surface area is 160 Å². The number of carbonyl (C=O) groups excluding carboxylic acids is 2. The van der Waals surface area contributed by atoms with E-state index in [-0.39, 0.29) is 17.2 Å². The number of nitrogens with zero attached hydrogens (tertiary/aromatic N) is 5. The van der Waals surface area contributed by atoms with Gasteiger partial charge in [0.05, 0.1) is 5.56 Å². The van der Waals surface area contributed by atoms with Crippen molar-refractivity contribution in [2.75, 3.05) is 59.2 Å². The van der Waals surface area contributed by atoms with Gasteiger partial charge in [-0.1, -0.05) is 0 Å². The summed E-state index contributed by atoms with van der Waals surface area (Å²) in [5.74, 6) is 0.722. The summed E-state index contributed by atoms with van der Waals surface area (Å²) in [5.41, 5.74) is 0.530. The maximum atomic E-state index is 12.9. The van der Waals surface area contributed by atoms with E-state index in [4.69, 9.17) is 0 Å². The lowest BCUT2D eigenvalue weighted by molar-refractivity contribution is -0.139. The lowest BCUT2D eigenvalue weighted by Gasteiger charge is -2.48. The highest BCUT2D eigenvalue weighted by Crippen LogP contribution is 2.39. The predicted octanol–water partition coefficient (Wildman–Crippen LogP) is 0.925. The first kappa shape index (κ1) is 19.5. The third kappa shape index (κ3) is 4.55. The van der Waals surface area contributed by atoms with Crippen LogP contribution < -0.4 is 5.32 Å². The van der Waals surface area contributed by atoms with Crippen LogP contribution in [0.1, 0.15) is 36.0 Å². The normalized spacial score (nSPS) is 23.2. The molecular formula is C19H30N6O2. The van der Waals surface area contributed by atoms with Crippen LogP contribution in [0.3, 0.4) is 0 Å². The van der Waals surface area contributed by atoms with Crippen LogP contribution in [0.5, 0.6) is 0 Å². The van der Waals surface area contributed by atoms with E-state index in [0.717, 1.165) is 45.4 Å². The van der Waals surface area contributed by atoms with Gasteiger partial charge in [0, 0.05) is 64.0 Å². The third-order valence-electron chi connectivity index (χ3n) is 5.64. The standard InChI is InChI=1S/C19H30N6O2/c1-20-18-21-11-15(12-22-18)17(27)25-8-4-6-19(14-25)7-5-16(26)24(13-19)10-9-23(2)3/h11-12H,4-10,13-14H2,1-3H3,(H,20,21,22)/t19-/m1/s1. The second kappa shape index (κ2) is 8.21. The SMILES string of the molecule is CNc1ncc(C(=O)N2CCC[C@]3(CCC(=O)N(CCN(C)C)C3)C2)cn1. The average Bonchev–Trinajstić information content (AvgIpc) is 2.68. The fourth-order valence-corrected chi connectivity index (χ4v) is 4.09. The van der Waals surface area contributed by atoms with Gasteiger partial charge >= 0.3 is 0 Å². The number of hydrogen-bond acceptors (Lipinski definition) is 6. The Morgan fingerprint density at radius 2 is 2.00 bits per heavy atom. The van der Waals surface area contributed by atoms with Crippen molar-refractivity contribution in [1.82, 2.24) is 24.7 Å². The van der Waals surface area contributed by atoms with Crippen molar-refractivity contribution >= 4 is 17.8 Å². The fourth-order valence-electron chi connectivity index (χ4n) is 4.09. The maximum absolute atomic E-state index is 12.9. The first-order valence-corrected chi connectivity index (χ1v) is 9.64. The summed E-state index contributed by atoms with van der Waals surface area (Å²) < 4.78 is 0. The number of nitrogens with one attached hydrogen (secondary N) is 1. The van der Waals surface area contributed by atoms with Gasteiger partial charge in [0.2, 0.25) is 11.9 Å². The van der Waals surface area contributed by atoms with Gasteiger partial charge in [-0.15, -0.1) is 0 Å². The molecule has 3 heterocycles. The highest BCUT2D eigenvalue weighted by molar-refractivity contribution is 5.93. The number of anilines is 1. The minimum atomic E-state index is -0.0199. The highest BCUT2D eigenvalue weighted by Gasteiger charge is 2.42. The van der Waals surface area contributed by atoms with E-state index in [9.17, 15) is 9.59 Å². The second-order valence-corrected chi connectivity index (χ2v) is 7.99. The van der Waals surface area contributed by atoms with Crippen LogP contribution in [0.4, 0.5) is 5.95 Å². The third-order valence-corrected chi connectivity index (χ3v) is 5.64. The molecule has 0 saturated carbocycles. The van der Waals surface area contributed by atoms with Crippen LogP contribution in [0, 0.1) is 5.41 Å². The van der Waals surface area contributed by atoms with Crippen LogP contribution in [-0.2, 0) is 4.79 Å². The Morgan fingerprint density at radius 3 is 2.67 bits per heavy atom. The molecule has 27 heavy (non-hydrogen) atoms. The molecule has 0 aliphatic carbocycles. The quantitative estimate of drug-likeness (QED) is 0.826. The van der Waals surface area contributed by atoms with Gasteiger partial charge in [-0.3, -0.25) is 9.59 Å². The molecule has 0 unspecified atom stereocenters. The van der Waals surface area contributed by atoms with Crippen molar-refractivity contribution in [2.45, 2.75) is 25.7 Å². The molecular weight excluding hydrogens is 344 g/mol. The van der Waals surface area contributed by atoms with E-state index >= 15 is 0 Å². The van der Waals surface area contributed by atoms with Gasteiger partial charge in [0.25, 0.3) is 5.91 Å². The highest BCUT2D eigenvalue weighted by atomic mass is 16.2. The molecule has 0 radical (unpaired) electrons. The first-order chi connectivity index (χ1) is 12.9. The van der Waals surface area contributed by atoms with Crippen molar-refractivity contribution in [2.24, 2.45) is 5.41 Å². The zero-order valence-electron chi connectivity index (χ0n) is 16.6. The van der Waals surface area contributed by atoms with Gasteiger partial charge in [-0.25, -0.2) is 9.97 Å². The average molecular weight is 374 g/mol. The Bertz CT molecular complexity index is 677. The number of aromatic nitrogens is 2. The zero-order valence-corrected chi connectivity index (χ0v) is 16.6. The lowest BCUT2D eigenvalue weighted by Crippen LogP contribution is -2.55. The minimum Gasteiger partial charge on any atom is -0.357 e. The Morgan fingerprint density at radius 1 is 1.26 bits per heavy atom. The van der Waals surface area contributed by atoms with Gasteiger partial charge in [-0.05, 0) is 33.4 Å². The number of carbonyl (C=O) groups is 2. The molecule has 0 aromatic carbocycles. The van der Waals surface area contributed by atoms with Crippen molar-refractivity contribution in [3.05, 3.63) is 18.0 Å². The molecule has 1 aromatic rings. The summed E-state index contributed by atoms with van der Waals surface area (Å²) in [7, 11) is 5.79. The molecule has 2 saturated heterocycles. The van der Waals surface area contributed by atoms with Crippen molar-refractivity contribution < 1.29 is 9.59 Å². The van der Waals surface area contributed by atoms with E-state index in [0.29, 0.717) is 24.5 Å². The molecule has 2 aliphatic rings. The summed E-state index contributed by atoms with van der Waals surface area (Å²) in [6.07, 6.45) is 6.64. The number of rotatable bonds is 5. The minimum absolute atomic E-state index is 0.0138. The topological polar surface area (TPSA) is 81.7 Å². The monoisotopic (exact) mass is 374 g/mol. The lowest BCUT2D eigenvalue weighted by atomic mass is 9.73. The maximum Gasteiger partial charge on any atom is 0.257 e. The Hall–Kier alpha value is -2.22. The molecule has 2 aliphatic heterocycles. The smallest absolute Gasteiger partial charge is 0.257 e. The van der Waals surface area contributed by atoms with Crippen molar-refractivity contribution in [3.8, 4) is 0 Å². The van der Waals surface area contributed by atoms with Gasteiger partial charge in [-0.2, -0.15) is 0 Å². The van der Waals surface area contributed by atoms with E-state index in [1.807, 2.05) is 23.9 Å². The summed E-state index contributed by atoms with van der Waals surface area (Å²) >= 11 is 0. The number of hydrogen-bond donors (Lipinski definition) is 1. The molecule has 1 spiro atoms. The van der Waals surface area contributed by atoms with E-state index in [1.165, 1.54) is 0 Å². The summed E-state index contributed by atoms with van der Waals surface area (Å²) in [6, 6.07) is 0. The number of piperidine rings is 2. The molecule has 1 aromatic heterocycles. The summed E-state index contributed by atoms with van der Waals surface area (Å²) in [6.45, 7) is 3.81.